The molecule has 3 fully saturated rings. The van der Waals surface area contributed by atoms with E-state index < -0.39 is 0 Å². The van der Waals surface area contributed by atoms with Gasteiger partial charge >= 0.3 is 0 Å². The molecule has 1 aromatic rings. The van der Waals surface area contributed by atoms with Gasteiger partial charge in [0.2, 0.25) is 5.91 Å². The van der Waals surface area contributed by atoms with Crippen molar-refractivity contribution >= 4 is 18.3 Å². The van der Waals surface area contributed by atoms with Crippen LogP contribution in [0.5, 0.6) is 0 Å². The molecule has 3 aliphatic carbocycles. The molecule has 26 heavy (non-hydrogen) atoms. The average molecular weight is 377 g/mol. The third-order valence-corrected chi connectivity index (χ3v) is 6.84. The number of nitrogens with two attached hydrogens (primary N) is 1. The Morgan fingerprint density at radius 1 is 1.08 bits per heavy atom. The summed E-state index contributed by atoms with van der Waals surface area (Å²) in [6.07, 6.45) is 6.97. The van der Waals surface area contributed by atoms with Crippen molar-refractivity contribution < 1.29 is 4.79 Å². The van der Waals surface area contributed by atoms with E-state index in [9.17, 15) is 4.79 Å². The number of amides is 1. The number of hydrogen-bond donors (Lipinski definition) is 2. The van der Waals surface area contributed by atoms with Crippen molar-refractivity contribution in [2.24, 2.45) is 23.5 Å². The summed E-state index contributed by atoms with van der Waals surface area (Å²) in [7, 11) is 0. The maximum atomic E-state index is 12.8. The largest absolute Gasteiger partial charge is 0.353 e. The molecule has 0 heterocycles. The van der Waals surface area contributed by atoms with Crippen LogP contribution in [0, 0.1) is 17.8 Å². The Labute approximate surface area is 163 Å². The quantitative estimate of drug-likeness (QED) is 0.820. The summed E-state index contributed by atoms with van der Waals surface area (Å²) in [4.78, 5) is 12.8. The van der Waals surface area contributed by atoms with Gasteiger partial charge in [-0.1, -0.05) is 44.5 Å². The van der Waals surface area contributed by atoms with Crippen molar-refractivity contribution in [3.05, 3.63) is 35.4 Å². The minimum Gasteiger partial charge on any atom is -0.353 e. The predicted octanol–water partition coefficient (Wildman–Crippen LogP) is 4.36. The first-order valence-electron chi connectivity index (χ1n) is 10.2. The molecular formula is C22H33ClN2O. The van der Waals surface area contributed by atoms with Crippen LogP contribution in [0.25, 0.3) is 0 Å². The van der Waals surface area contributed by atoms with Crippen molar-refractivity contribution in [2.45, 2.75) is 76.3 Å². The fraction of sp³-hybridized carbons (Fsp3) is 0.682. The van der Waals surface area contributed by atoms with Crippen molar-refractivity contribution in [1.29, 1.82) is 0 Å². The van der Waals surface area contributed by atoms with E-state index in [0.29, 0.717) is 35.8 Å². The van der Waals surface area contributed by atoms with Crippen LogP contribution in [-0.4, -0.2) is 18.0 Å². The minimum atomic E-state index is 0. The van der Waals surface area contributed by atoms with Gasteiger partial charge in [-0.2, -0.15) is 0 Å². The summed E-state index contributed by atoms with van der Waals surface area (Å²) in [5.41, 5.74) is 8.91. The second-order valence-electron chi connectivity index (χ2n) is 8.99. The molecule has 0 aromatic heterocycles. The van der Waals surface area contributed by atoms with Gasteiger partial charge in [-0.3, -0.25) is 4.79 Å². The van der Waals surface area contributed by atoms with E-state index in [0.717, 1.165) is 19.3 Å². The lowest BCUT2D eigenvalue weighted by atomic mass is 9.67. The normalized spacial score (nSPS) is 35.5. The van der Waals surface area contributed by atoms with Crippen molar-refractivity contribution in [3.8, 4) is 0 Å². The lowest BCUT2D eigenvalue weighted by molar-refractivity contribution is -0.124. The van der Waals surface area contributed by atoms with Crippen molar-refractivity contribution in [1.82, 2.24) is 5.32 Å². The summed E-state index contributed by atoms with van der Waals surface area (Å²) in [6, 6.07) is 9.62. The standard InChI is InChI=1S/C22H32N2O.ClH/c1-13(2)14-6-8-15(9-7-14)19-12-20(19)22(25)24-21-16-4-3-5-17(21)11-18(23)10-16;/h6-9,13,16-21H,3-5,10-12,23H2,1-2H3,(H,24,25);1H. The Hall–Kier alpha value is -1.06. The topological polar surface area (TPSA) is 55.1 Å². The third-order valence-electron chi connectivity index (χ3n) is 6.84. The molecule has 3 aliphatic rings. The second kappa shape index (κ2) is 7.90. The molecule has 1 aromatic carbocycles. The average Bonchev–Trinajstić information content (AvgIpc) is 3.36. The van der Waals surface area contributed by atoms with Crippen LogP contribution < -0.4 is 11.1 Å². The van der Waals surface area contributed by atoms with Gasteiger partial charge in [0.05, 0.1) is 0 Å². The van der Waals surface area contributed by atoms with E-state index in [1.807, 2.05) is 0 Å². The maximum absolute atomic E-state index is 12.8. The predicted molar refractivity (Wildman–Crippen MR) is 109 cm³/mol. The molecule has 0 spiro atoms. The molecule has 144 valence electrons. The van der Waals surface area contributed by atoms with Gasteiger partial charge in [-0.05, 0) is 66.9 Å². The van der Waals surface area contributed by atoms with Crippen LogP contribution >= 0.6 is 12.4 Å². The number of halogens is 1. The van der Waals surface area contributed by atoms with E-state index in [-0.39, 0.29) is 24.2 Å². The van der Waals surface area contributed by atoms with Gasteiger partial charge in [-0.25, -0.2) is 0 Å². The maximum Gasteiger partial charge on any atom is 0.223 e. The van der Waals surface area contributed by atoms with Crippen LogP contribution in [0.3, 0.4) is 0 Å². The first-order chi connectivity index (χ1) is 12.0. The van der Waals surface area contributed by atoms with Gasteiger partial charge in [0.15, 0.2) is 0 Å². The van der Waals surface area contributed by atoms with E-state index in [1.54, 1.807) is 0 Å². The fourth-order valence-corrected chi connectivity index (χ4v) is 5.28. The summed E-state index contributed by atoms with van der Waals surface area (Å²) < 4.78 is 0. The molecule has 4 atom stereocenters. The SMILES string of the molecule is CC(C)c1ccc(C2CC2C(=O)NC2C3CCCC2CC(N)C3)cc1.Cl. The molecule has 0 aliphatic heterocycles. The smallest absolute Gasteiger partial charge is 0.223 e. The van der Waals surface area contributed by atoms with Crippen molar-refractivity contribution in [3.63, 3.8) is 0 Å². The Morgan fingerprint density at radius 2 is 1.69 bits per heavy atom. The summed E-state index contributed by atoms with van der Waals surface area (Å²) in [6.45, 7) is 4.44. The van der Waals surface area contributed by atoms with E-state index in [4.69, 9.17) is 5.73 Å². The molecule has 4 unspecified atom stereocenters. The second-order valence-corrected chi connectivity index (χ2v) is 8.99. The Kier molecular flexibility index (Phi) is 5.98. The first-order valence-corrected chi connectivity index (χ1v) is 10.2. The Balaban J connectivity index is 0.00000196. The van der Waals surface area contributed by atoms with Crippen LogP contribution in [0.2, 0.25) is 0 Å². The highest BCUT2D eigenvalue weighted by Gasteiger charge is 2.47. The number of hydrogen-bond acceptors (Lipinski definition) is 2. The van der Waals surface area contributed by atoms with Gasteiger partial charge in [-0.15, -0.1) is 12.4 Å². The molecule has 0 radical (unpaired) electrons. The minimum absolute atomic E-state index is 0. The molecule has 2 bridgehead atoms. The zero-order valence-electron chi connectivity index (χ0n) is 16.0. The monoisotopic (exact) mass is 376 g/mol. The van der Waals surface area contributed by atoms with E-state index >= 15 is 0 Å². The fourth-order valence-electron chi connectivity index (χ4n) is 5.28. The molecule has 3 N–H and O–H groups in total. The zero-order chi connectivity index (χ0) is 17.6. The highest BCUT2D eigenvalue weighted by molar-refractivity contribution is 5.85. The third kappa shape index (κ3) is 3.94. The van der Waals surface area contributed by atoms with Crippen LogP contribution in [0.15, 0.2) is 24.3 Å². The number of carbonyl (C=O) groups excluding carboxylic acids is 1. The van der Waals surface area contributed by atoms with Gasteiger partial charge in [0.25, 0.3) is 0 Å². The molecular weight excluding hydrogens is 344 g/mol. The highest BCUT2D eigenvalue weighted by atomic mass is 35.5. The lowest BCUT2D eigenvalue weighted by Gasteiger charge is -2.45. The van der Waals surface area contributed by atoms with Gasteiger partial charge in [0, 0.05) is 18.0 Å². The molecule has 1 amide bonds. The Bertz CT molecular complexity index is 616. The summed E-state index contributed by atoms with van der Waals surface area (Å²) in [5.74, 6) is 2.66. The first kappa shape index (κ1) is 19.7. The summed E-state index contributed by atoms with van der Waals surface area (Å²) in [5, 5.41) is 3.44. The molecule has 4 rings (SSSR count). The highest BCUT2D eigenvalue weighted by Crippen LogP contribution is 2.48. The lowest BCUT2D eigenvalue weighted by Crippen LogP contribution is -2.54. The molecule has 3 saturated carbocycles. The van der Waals surface area contributed by atoms with Gasteiger partial charge in [0.1, 0.15) is 0 Å². The van der Waals surface area contributed by atoms with E-state index in [2.05, 4.69) is 43.4 Å². The van der Waals surface area contributed by atoms with Gasteiger partial charge < -0.3 is 11.1 Å². The number of nitrogens with one attached hydrogen (secondary N) is 1. The van der Waals surface area contributed by atoms with Crippen LogP contribution in [-0.2, 0) is 4.79 Å². The van der Waals surface area contributed by atoms with Crippen LogP contribution in [0.1, 0.15) is 75.3 Å². The summed E-state index contributed by atoms with van der Waals surface area (Å²) >= 11 is 0. The number of rotatable bonds is 4. The number of carbonyl (C=O) groups is 1. The van der Waals surface area contributed by atoms with Crippen LogP contribution in [0.4, 0.5) is 0 Å². The van der Waals surface area contributed by atoms with E-state index in [1.165, 1.54) is 30.4 Å². The molecule has 4 heteroatoms. The number of fused-ring (bicyclic) bond motifs is 2. The number of benzene rings is 1. The zero-order valence-corrected chi connectivity index (χ0v) is 16.8. The van der Waals surface area contributed by atoms with Crippen molar-refractivity contribution in [2.75, 3.05) is 0 Å². The Morgan fingerprint density at radius 3 is 2.27 bits per heavy atom. The molecule has 3 nitrogen and oxygen atoms in total. The molecule has 0 saturated heterocycles.